The monoisotopic (exact) mass is 394 g/mol. The van der Waals surface area contributed by atoms with Gasteiger partial charge < -0.3 is 18.9 Å². The lowest BCUT2D eigenvalue weighted by Crippen LogP contribution is -2.67. The van der Waals surface area contributed by atoms with Gasteiger partial charge in [0.1, 0.15) is 6.61 Å². The molecule has 2 aromatic carbocycles. The summed E-state index contributed by atoms with van der Waals surface area (Å²) in [6.45, 7) is -0.109. The molecule has 2 spiro atoms. The van der Waals surface area contributed by atoms with Gasteiger partial charge in [-0.2, -0.15) is 0 Å². The molecule has 3 fully saturated rings. The highest BCUT2D eigenvalue weighted by Gasteiger charge is 2.64. The van der Waals surface area contributed by atoms with E-state index in [1.54, 1.807) is 0 Å². The number of rotatable bonds is 2. The Morgan fingerprint density at radius 3 is 1.83 bits per heavy atom. The van der Waals surface area contributed by atoms with Gasteiger partial charge in [-0.1, -0.05) is 60.7 Å². The average molecular weight is 394 g/mol. The second-order valence-electron chi connectivity index (χ2n) is 8.09. The normalized spacial score (nSPS) is 34.8. The maximum absolute atomic E-state index is 12.3. The summed E-state index contributed by atoms with van der Waals surface area (Å²) in [4.78, 5) is 12.3. The van der Waals surface area contributed by atoms with Crippen LogP contribution in [0.4, 0.5) is 0 Å². The third-order valence-electron chi connectivity index (χ3n) is 6.23. The Bertz CT molecular complexity index is 854. The van der Waals surface area contributed by atoms with Crippen LogP contribution < -0.4 is 0 Å². The Morgan fingerprint density at radius 2 is 1.24 bits per heavy atom. The molecule has 152 valence electrons. The number of ether oxygens (including phenoxy) is 4. The number of fused-ring (bicyclic) bond motifs is 1. The zero-order valence-corrected chi connectivity index (χ0v) is 16.4. The number of hydrogen-bond acceptors (Lipinski definition) is 5. The Hall–Kier alpha value is -2.21. The molecule has 0 radical (unpaired) electrons. The zero-order valence-electron chi connectivity index (χ0n) is 16.4. The summed E-state index contributed by atoms with van der Waals surface area (Å²) in [6, 6.07) is 20.3. The molecule has 0 aliphatic carbocycles. The highest BCUT2D eigenvalue weighted by atomic mass is 16.8. The van der Waals surface area contributed by atoms with E-state index in [9.17, 15) is 4.79 Å². The SMILES string of the molecule is O=C1CO[C@@]2(CCC[C@@H](c3ccccc3)O2)[C@]2(CCC[C@H](c3ccccc3)O2)O1. The minimum Gasteiger partial charge on any atom is -0.425 e. The van der Waals surface area contributed by atoms with E-state index in [2.05, 4.69) is 24.3 Å². The Morgan fingerprint density at radius 1 is 0.724 bits per heavy atom. The van der Waals surface area contributed by atoms with Gasteiger partial charge in [-0.05, 0) is 36.8 Å². The molecule has 29 heavy (non-hydrogen) atoms. The summed E-state index contributed by atoms with van der Waals surface area (Å²) >= 11 is 0. The van der Waals surface area contributed by atoms with Crippen LogP contribution in [0.2, 0.25) is 0 Å². The smallest absolute Gasteiger partial charge is 0.334 e. The summed E-state index contributed by atoms with van der Waals surface area (Å²) in [5.74, 6) is -2.68. The number of hydrogen-bond donors (Lipinski definition) is 0. The first-order valence-electron chi connectivity index (χ1n) is 10.5. The van der Waals surface area contributed by atoms with Crippen molar-refractivity contribution in [3.63, 3.8) is 0 Å². The highest BCUT2D eigenvalue weighted by Crippen LogP contribution is 2.53. The van der Waals surface area contributed by atoms with Gasteiger partial charge in [0, 0.05) is 12.8 Å². The van der Waals surface area contributed by atoms with Gasteiger partial charge in [0.25, 0.3) is 5.79 Å². The Kier molecular flexibility index (Phi) is 4.90. The summed E-state index contributed by atoms with van der Waals surface area (Å²) in [5.41, 5.74) is 2.19. The molecule has 3 saturated heterocycles. The van der Waals surface area contributed by atoms with Gasteiger partial charge in [-0.15, -0.1) is 0 Å². The second-order valence-corrected chi connectivity index (χ2v) is 8.09. The molecule has 5 rings (SSSR count). The quantitative estimate of drug-likeness (QED) is 0.683. The number of benzene rings is 2. The van der Waals surface area contributed by atoms with E-state index in [1.807, 2.05) is 36.4 Å². The summed E-state index contributed by atoms with van der Waals surface area (Å²) < 4.78 is 25.2. The van der Waals surface area contributed by atoms with E-state index >= 15 is 0 Å². The fraction of sp³-hybridized carbons (Fsp3) is 0.458. The van der Waals surface area contributed by atoms with Gasteiger partial charge in [0.05, 0.1) is 12.2 Å². The van der Waals surface area contributed by atoms with Gasteiger partial charge in [-0.25, -0.2) is 4.79 Å². The number of carbonyl (C=O) groups is 1. The van der Waals surface area contributed by atoms with Crippen molar-refractivity contribution in [2.75, 3.05) is 6.61 Å². The first-order chi connectivity index (χ1) is 14.2. The van der Waals surface area contributed by atoms with Crippen LogP contribution in [0.3, 0.4) is 0 Å². The predicted molar refractivity (Wildman–Crippen MR) is 106 cm³/mol. The molecule has 0 N–H and O–H groups in total. The van der Waals surface area contributed by atoms with Crippen molar-refractivity contribution >= 4 is 5.97 Å². The van der Waals surface area contributed by atoms with E-state index in [1.165, 1.54) is 0 Å². The first kappa shape index (κ1) is 18.8. The molecule has 5 heteroatoms. The lowest BCUT2D eigenvalue weighted by Gasteiger charge is -2.55. The van der Waals surface area contributed by atoms with Crippen LogP contribution in [0, 0.1) is 0 Å². The number of carbonyl (C=O) groups excluding carboxylic acids is 1. The third kappa shape index (κ3) is 3.37. The molecule has 4 atom stereocenters. The molecule has 3 aliphatic rings. The average Bonchev–Trinajstić information content (AvgIpc) is 2.78. The summed E-state index contributed by atoms with van der Waals surface area (Å²) in [7, 11) is 0. The highest BCUT2D eigenvalue weighted by molar-refractivity contribution is 5.72. The van der Waals surface area contributed by atoms with Crippen LogP contribution in [0.25, 0.3) is 0 Å². The van der Waals surface area contributed by atoms with Crippen LogP contribution in [0.15, 0.2) is 60.7 Å². The van der Waals surface area contributed by atoms with Crippen LogP contribution in [-0.2, 0) is 23.7 Å². The predicted octanol–water partition coefficient (Wildman–Crippen LogP) is 4.84. The van der Waals surface area contributed by atoms with Crippen LogP contribution >= 0.6 is 0 Å². The van der Waals surface area contributed by atoms with E-state index in [-0.39, 0.29) is 18.8 Å². The van der Waals surface area contributed by atoms with Gasteiger partial charge in [-0.3, -0.25) is 0 Å². The van der Waals surface area contributed by atoms with Crippen molar-refractivity contribution in [1.29, 1.82) is 0 Å². The molecule has 2 aromatic rings. The van der Waals surface area contributed by atoms with Gasteiger partial charge in [0.2, 0.25) is 5.79 Å². The van der Waals surface area contributed by atoms with Crippen molar-refractivity contribution in [3.8, 4) is 0 Å². The topological polar surface area (TPSA) is 54.0 Å². The zero-order chi connectivity index (χ0) is 19.7. The van der Waals surface area contributed by atoms with Crippen LogP contribution in [0.1, 0.15) is 61.9 Å². The first-order valence-corrected chi connectivity index (χ1v) is 10.5. The molecule has 0 saturated carbocycles. The molecule has 0 aromatic heterocycles. The summed E-state index contributed by atoms with van der Waals surface area (Å²) in [6.07, 6.45) is 4.52. The van der Waals surface area contributed by atoms with Crippen LogP contribution in [-0.4, -0.2) is 24.2 Å². The standard InChI is InChI=1S/C24H26O5/c25-22-17-26-23(15-7-13-20(27-23)18-9-3-1-4-10-18)24(29-22)16-8-14-21(28-24)19-11-5-2-6-12-19/h1-6,9-12,20-21H,7-8,13-17H2/t20-,21+,23+,24-/m0/s1. The summed E-state index contributed by atoms with van der Waals surface area (Å²) in [5, 5.41) is 0. The lowest BCUT2D eigenvalue weighted by molar-refractivity contribution is -0.451. The Balaban J connectivity index is 1.48. The minimum absolute atomic E-state index is 0.109. The fourth-order valence-corrected chi connectivity index (χ4v) is 4.86. The number of esters is 1. The maximum Gasteiger partial charge on any atom is 0.334 e. The molecule has 0 bridgehead atoms. The minimum atomic E-state index is -1.21. The van der Waals surface area contributed by atoms with Crippen molar-refractivity contribution < 1.29 is 23.7 Å². The second kappa shape index (κ2) is 7.56. The van der Waals surface area contributed by atoms with E-state index in [0.717, 1.165) is 36.8 Å². The largest absolute Gasteiger partial charge is 0.425 e. The van der Waals surface area contributed by atoms with Gasteiger partial charge in [0.15, 0.2) is 0 Å². The molecule has 0 amide bonds. The Labute approximate surface area is 170 Å². The molecular weight excluding hydrogens is 368 g/mol. The van der Waals surface area contributed by atoms with Gasteiger partial charge >= 0.3 is 5.97 Å². The van der Waals surface area contributed by atoms with Crippen molar-refractivity contribution in [2.24, 2.45) is 0 Å². The molecule has 0 unspecified atom stereocenters. The van der Waals surface area contributed by atoms with Crippen molar-refractivity contribution in [2.45, 2.75) is 62.3 Å². The fourth-order valence-electron chi connectivity index (χ4n) is 4.86. The van der Waals surface area contributed by atoms with E-state index in [4.69, 9.17) is 18.9 Å². The third-order valence-corrected chi connectivity index (χ3v) is 6.23. The molecule has 3 heterocycles. The maximum atomic E-state index is 12.3. The van der Waals surface area contributed by atoms with E-state index in [0.29, 0.717) is 12.8 Å². The molecule has 3 aliphatic heterocycles. The van der Waals surface area contributed by atoms with E-state index < -0.39 is 17.5 Å². The lowest BCUT2D eigenvalue weighted by atomic mass is 9.85. The van der Waals surface area contributed by atoms with Crippen molar-refractivity contribution in [3.05, 3.63) is 71.8 Å². The van der Waals surface area contributed by atoms with Crippen molar-refractivity contribution in [1.82, 2.24) is 0 Å². The molecule has 5 nitrogen and oxygen atoms in total. The molecular formula is C24H26O5. The van der Waals surface area contributed by atoms with Crippen LogP contribution in [0.5, 0.6) is 0 Å².